The summed E-state index contributed by atoms with van der Waals surface area (Å²) in [5, 5.41) is 4.43. The average molecular weight is 376 g/mol. The lowest BCUT2D eigenvalue weighted by atomic mass is 10.1. The van der Waals surface area contributed by atoms with Crippen LogP contribution in [0.2, 0.25) is 0 Å². The van der Waals surface area contributed by atoms with Gasteiger partial charge in [0.15, 0.2) is 0 Å². The first-order valence-corrected chi connectivity index (χ1v) is 8.63. The Kier molecular flexibility index (Phi) is 4.59. The van der Waals surface area contributed by atoms with Crippen LogP contribution < -0.4 is 10.3 Å². The molecule has 28 heavy (non-hydrogen) atoms. The van der Waals surface area contributed by atoms with Gasteiger partial charge in [-0.2, -0.15) is 5.10 Å². The first-order chi connectivity index (χ1) is 13.6. The Labute approximate surface area is 159 Å². The van der Waals surface area contributed by atoms with Crippen molar-refractivity contribution < 1.29 is 14.3 Å². The third-order valence-electron chi connectivity index (χ3n) is 3.98. The van der Waals surface area contributed by atoms with Crippen molar-refractivity contribution in [1.29, 1.82) is 0 Å². The SMILES string of the molecule is CCOC(=O)c1cn2nc(-c3ccc(Oc4ccccn4)cc3)cc2[nH]c1=O. The standard InChI is InChI=1S/C20H16N4O4/c1-2-27-20(26)15-12-24-17(22-19(15)25)11-16(23-24)13-6-8-14(9-7-13)28-18-5-3-4-10-21-18/h3-12H,2H2,1H3,(H,22,25). The van der Waals surface area contributed by atoms with Crippen molar-refractivity contribution >= 4 is 11.6 Å². The van der Waals surface area contributed by atoms with E-state index in [0.29, 0.717) is 23.0 Å². The molecule has 1 N–H and O–H groups in total. The molecule has 4 rings (SSSR count). The summed E-state index contributed by atoms with van der Waals surface area (Å²) in [4.78, 5) is 30.7. The van der Waals surface area contributed by atoms with Gasteiger partial charge in [0.1, 0.15) is 17.0 Å². The van der Waals surface area contributed by atoms with Crippen LogP contribution in [-0.4, -0.2) is 32.2 Å². The molecule has 0 fully saturated rings. The van der Waals surface area contributed by atoms with Crippen molar-refractivity contribution in [2.75, 3.05) is 6.61 Å². The third-order valence-corrected chi connectivity index (χ3v) is 3.98. The molecule has 0 spiro atoms. The number of rotatable bonds is 5. The maximum absolute atomic E-state index is 12.1. The molecule has 0 radical (unpaired) electrons. The molecule has 4 aromatic rings. The Bertz CT molecular complexity index is 1180. The normalized spacial score (nSPS) is 10.8. The summed E-state index contributed by atoms with van der Waals surface area (Å²) >= 11 is 0. The summed E-state index contributed by atoms with van der Waals surface area (Å²) in [7, 11) is 0. The van der Waals surface area contributed by atoms with Crippen LogP contribution in [-0.2, 0) is 4.74 Å². The Balaban J connectivity index is 1.62. The summed E-state index contributed by atoms with van der Waals surface area (Å²) in [6, 6.07) is 14.5. The molecular formula is C20H16N4O4. The number of aromatic amines is 1. The summed E-state index contributed by atoms with van der Waals surface area (Å²) in [6.45, 7) is 1.87. The summed E-state index contributed by atoms with van der Waals surface area (Å²) in [5.74, 6) is 0.468. The van der Waals surface area contributed by atoms with E-state index in [2.05, 4.69) is 15.1 Å². The summed E-state index contributed by atoms with van der Waals surface area (Å²) in [5.41, 5.74) is 1.33. The number of carbonyl (C=O) groups is 1. The summed E-state index contributed by atoms with van der Waals surface area (Å²) < 4.78 is 12.0. The highest BCUT2D eigenvalue weighted by Crippen LogP contribution is 2.24. The van der Waals surface area contributed by atoms with Gasteiger partial charge in [-0.05, 0) is 37.3 Å². The van der Waals surface area contributed by atoms with Crippen LogP contribution in [0.25, 0.3) is 16.9 Å². The van der Waals surface area contributed by atoms with Crippen molar-refractivity contribution in [3.8, 4) is 22.9 Å². The minimum Gasteiger partial charge on any atom is -0.462 e. The van der Waals surface area contributed by atoms with E-state index in [0.717, 1.165) is 5.56 Å². The predicted molar refractivity (Wildman–Crippen MR) is 102 cm³/mol. The van der Waals surface area contributed by atoms with Crippen LogP contribution in [0, 0.1) is 0 Å². The fourth-order valence-corrected chi connectivity index (χ4v) is 2.67. The Morgan fingerprint density at radius 2 is 2.00 bits per heavy atom. The van der Waals surface area contributed by atoms with Crippen molar-refractivity contribution in [3.05, 3.63) is 76.8 Å². The first kappa shape index (κ1) is 17.5. The molecule has 3 aromatic heterocycles. The van der Waals surface area contributed by atoms with E-state index < -0.39 is 11.5 Å². The zero-order chi connectivity index (χ0) is 19.5. The molecular weight excluding hydrogens is 360 g/mol. The highest BCUT2D eigenvalue weighted by molar-refractivity contribution is 5.88. The zero-order valence-electron chi connectivity index (χ0n) is 15.0. The third kappa shape index (κ3) is 3.48. The van der Waals surface area contributed by atoms with Crippen molar-refractivity contribution in [1.82, 2.24) is 19.6 Å². The number of pyridine rings is 1. The second kappa shape index (κ2) is 7.36. The van der Waals surface area contributed by atoms with Crippen molar-refractivity contribution in [2.24, 2.45) is 0 Å². The number of fused-ring (bicyclic) bond motifs is 1. The molecule has 0 aliphatic carbocycles. The number of carbonyl (C=O) groups excluding carboxylic acids is 1. The van der Waals surface area contributed by atoms with E-state index in [9.17, 15) is 9.59 Å². The number of nitrogens with one attached hydrogen (secondary N) is 1. The van der Waals surface area contributed by atoms with Crippen LogP contribution in [0.1, 0.15) is 17.3 Å². The van der Waals surface area contributed by atoms with E-state index >= 15 is 0 Å². The molecule has 3 heterocycles. The second-order valence-electron chi connectivity index (χ2n) is 5.87. The number of benzene rings is 1. The molecule has 8 nitrogen and oxygen atoms in total. The van der Waals surface area contributed by atoms with Gasteiger partial charge in [0.2, 0.25) is 5.88 Å². The molecule has 0 unspecified atom stereocenters. The maximum Gasteiger partial charge on any atom is 0.345 e. The fraction of sp³-hybridized carbons (Fsp3) is 0.100. The number of H-pyrrole nitrogens is 1. The van der Waals surface area contributed by atoms with Gasteiger partial charge in [-0.1, -0.05) is 6.07 Å². The number of aromatic nitrogens is 4. The minimum atomic E-state index is -0.682. The van der Waals surface area contributed by atoms with E-state index in [1.807, 2.05) is 24.3 Å². The van der Waals surface area contributed by atoms with Crippen LogP contribution >= 0.6 is 0 Å². The van der Waals surface area contributed by atoms with Gasteiger partial charge >= 0.3 is 5.97 Å². The van der Waals surface area contributed by atoms with E-state index in [4.69, 9.17) is 9.47 Å². The summed E-state index contributed by atoms with van der Waals surface area (Å²) in [6.07, 6.45) is 3.03. The molecule has 0 saturated heterocycles. The first-order valence-electron chi connectivity index (χ1n) is 8.63. The van der Waals surface area contributed by atoms with Crippen LogP contribution in [0.4, 0.5) is 0 Å². The van der Waals surface area contributed by atoms with Gasteiger partial charge in [0, 0.05) is 23.9 Å². The number of hydrogen-bond donors (Lipinski definition) is 1. The molecule has 0 saturated carbocycles. The highest BCUT2D eigenvalue weighted by atomic mass is 16.5. The van der Waals surface area contributed by atoms with Crippen LogP contribution in [0.5, 0.6) is 11.6 Å². The monoisotopic (exact) mass is 376 g/mol. The molecule has 0 amide bonds. The lowest BCUT2D eigenvalue weighted by molar-refractivity contribution is 0.0523. The Hall–Kier alpha value is -3.94. The minimum absolute atomic E-state index is 0.0943. The quantitative estimate of drug-likeness (QED) is 0.538. The van der Waals surface area contributed by atoms with Crippen LogP contribution in [0.15, 0.2) is 65.7 Å². The zero-order valence-corrected chi connectivity index (χ0v) is 15.0. The number of ether oxygens (including phenoxy) is 2. The number of esters is 1. The van der Waals surface area contributed by atoms with Gasteiger partial charge < -0.3 is 14.5 Å². The second-order valence-corrected chi connectivity index (χ2v) is 5.87. The number of hydrogen-bond acceptors (Lipinski definition) is 6. The maximum atomic E-state index is 12.1. The van der Waals surface area contributed by atoms with E-state index in [1.54, 1.807) is 37.4 Å². The van der Waals surface area contributed by atoms with Crippen LogP contribution in [0.3, 0.4) is 0 Å². The lowest BCUT2D eigenvalue weighted by Crippen LogP contribution is -2.21. The largest absolute Gasteiger partial charge is 0.462 e. The molecule has 0 bridgehead atoms. The Morgan fingerprint density at radius 1 is 1.18 bits per heavy atom. The Morgan fingerprint density at radius 3 is 2.71 bits per heavy atom. The van der Waals surface area contributed by atoms with Crippen molar-refractivity contribution in [3.63, 3.8) is 0 Å². The smallest absolute Gasteiger partial charge is 0.345 e. The van der Waals surface area contributed by atoms with Gasteiger partial charge in [-0.15, -0.1) is 0 Å². The van der Waals surface area contributed by atoms with E-state index in [-0.39, 0.29) is 12.2 Å². The van der Waals surface area contributed by atoms with Gasteiger partial charge in [-0.3, -0.25) is 4.79 Å². The molecule has 8 heteroatoms. The molecule has 1 aromatic carbocycles. The average Bonchev–Trinajstić information content (AvgIpc) is 3.11. The molecule has 140 valence electrons. The van der Waals surface area contributed by atoms with Gasteiger partial charge in [0.25, 0.3) is 5.56 Å². The molecule has 0 atom stereocenters. The van der Waals surface area contributed by atoms with Gasteiger partial charge in [0.05, 0.1) is 18.5 Å². The fourth-order valence-electron chi connectivity index (χ4n) is 2.67. The number of nitrogens with zero attached hydrogens (tertiary/aromatic N) is 3. The lowest BCUT2D eigenvalue weighted by Gasteiger charge is -2.04. The molecule has 0 aliphatic rings. The van der Waals surface area contributed by atoms with Gasteiger partial charge in [-0.25, -0.2) is 14.3 Å². The molecule has 0 aliphatic heterocycles. The topological polar surface area (TPSA) is 98.6 Å². The van der Waals surface area contributed by atoms with E-state index in [1.165, 1.54) is 10.7 Å². The predicted octanol–water partition coefficient (Wildman–Crippen LogP) is 3.05. The van der Waals surface area contributed by atoms with Crippen molar-refractivity contribution in [2.45, 2.75) is 6.92 Å². The highest BCUT2D eigenvalue weighted by Gasteiger charge is 2.15.